The summed E-state index contributed by atoms with van der Waals surface area (Å²) in [5, 5.41) is 1.95. The van der Waals surface area contributed by atoms with Crippen LogP contribution in [0.25, 0.3) is 44.2 Å². The SMILES string of the molecule is [2H]c1c([2H])c(C)c([2H])c(-c2ccc3oc4cccc(-c5ccccc5)c4c3c2C)c1[2H]. The Balaban J connectivity index is 1.90. The molecule has 1 heterocycles. The van der Waals surface area contributed by atoms with Gasteiger partial charge in [-0.05, 0) is 53.8 Å². The van der Waals surface area contributed by atoms with Crippen LogP contribution in [0.5, 0.6) is 0 Å². The van der Waals surface area contributed by atoms with Gasteiger partial charge in [-0.25, -0.2) is 0 Å². The van der Waals surface area contributed by atoms with Crippen molar-refractivity contribution < 1.29 is 9.90 Å². The Morgan fingerprint density at radius 2 is 1.52 bits per heavy atom. The number of benzene rings is 4. The highest BCUT2D eigenvalue weighted by Crippen LogP contribution is 2.40. The summed E-state index contributed by atoms with van der Waals surface area (Å²) in [6.07, 6.45) is 0. The van der Waals surface area contributed by atoms with Gasteiger partial charge in [-0.15, -0.1) is 0 Å². The second kappa shape index (κ2) is 6.14. The summed E-state index contributed by atoms with van der Waals surface area (Å²) in [6.45, 7) is 3.64. The summed E-state index contributed by atoms with van der Waals surface area (Å²) in [5.41, 5.74) is 6.12. The van der Waals surface area contributed by atoms with Gasteiger partial charge in [0.2, 0.25) is 0 Å². The molecule has 5 aromatic rings. The fourth-order valence-electron chi connectivity index (χ4n) is 3.78. The molecule has 0 radical (unpaired) electrons. The molecule has 0 spiro atoms. The third-order valence-corrected chi connectivity index (χ3v) is 5.03. The van der Waals surface area contributed by atoms with Crippen LogP contribution < -0.4 is 0 Å². The summed E-state index contributed by atoms with van der Waals surface area (Å²) in [4.78, 5) is 0. The molecule has 0 fully saturated rings. The van der Waals surface area contributed by atoms with Gasteiger partial charge in [-0.2, -0.15) is 0 Å². The first-order valence-electron chi connectivity index (χ1n) is 11.0. The van der Waals surface area contributed by atoms with Crippen molar-refractivity contribution in [3.63, 3.8) is 0 Å². The normalized spacial score (nSPS) is 13.4. The smallest absolute Gasteiger partial charge is 0.136 e. The Morgan fingerprint density at radius 1 is 0.704 bits per heavy atom. The largest absolute Gasteiger partial charge is 0.456 e. The second-order valence-electron chi connectivity index (χ2n) is 6.76. The zero-order chi connectivity index (χ0) is 21.9. The van der Waals surface area contributed by atoms with E-state index >= 15 is 0 Å². The molecule has 5 rings (SSSR count). The van der Waals surface area contributed by atoms with Crippen molar-refractivity contribution in [1.29, 1.82) is 0 Å². The predicted octanol–water partition coefficient (Wildman–Crippen LogP) is 7.54. The van der Waals surface area contributed by atoms with Crippen LogP contribution in [0, 0.1) is 13.8 Å². The fraction of sp³-hybridized carbons (Fsp3) is 0.0769. The van der Waals surface area contributed by atoms with Crippen molar-refractivity contribution in [3.8, 4) is 22.3 Å². The van der Waals surface area contributed by atoms with Crippen LogP contribution in [0.2, 0.25) is 0 Å². The number of rotatable bonds is 2. The lowest BCUT2D eigenvalue weighted by molar-refractivity contribution is 0.669. The van der Waals surface area contributed by atoms with Gasteiger partial charge in [0.25, 0.3) is 0 Å². The van der Waals surface area contributed by atoms with Crippen molar-refractivity contribution in [2.75, 3.05) is 0 Å². The summed E-state index contributed by atoms with van der Waals surface area (Å²) in [5.74, 6) is 0. The number of fused-ring (bicyclic) bond motifs is 3. The summed E-state index contributed by atoms with van der Waals surface area (Å²) < 4.78 is 39.4. The minimum atomic E-state index is -0.148. The van der Waals surface area contributed by atoms with E-state index in [1.807, 2.05) is 49.4 Å². The highest BCUT2D eigenvalue weighted by Gasteiger charge is 2.16. The van der Waals surface area contributed by atoms with Crippen molar-refractivity contribution in [2.24, 2.45) is 0 Å². The minimum Gasteiger partial charge on any atom is -0.456 e. The van der Waals surface area contributed by atoms with Crippen molar-refractivity contribution in [1.82, 2.24) is 0 Å². The molecule has 0 amide bonds. The van der Waals surface area contributed by atoms with E-state index in [-0.39, 0.29) is 24.2 Å². The molecular weight excluding hydrogens is 328 g/mol. The molecule has 0 atom stereocenters. The molecule has 130 valence electrons. The van der Waals surface area contributed by atoms with E-state index in [0.717, 1.165) is 44.2 Å². The van der Waals surface area contributed by atoms with Crippen molar-refractivity contribution in [3.05, 3.63) is 96.0 Å². The first kappa shape index (κ1) is 12.1. The Kier molecular flexibility index (Phi) is 2.76. The van der Waals surface area contributed by atoms with Crippen LogP contribution in [0.15, 0.2) is 89.3 Å². The second-order valence-corrected chi connectivity index (χ2v) is 6.76. The maximum Gasteiger partial charge on any atom is 0.136 e. The molecule has 0 aliphatic carbocycles. The van der Waals surface area contributed by atoms with E-state index in [2.05, 4.69) is 18.2 Å². The van der Waals surface area contributed by atoms with E-state index in [1.165, 1.54) is 0 Å². The topological polar surface area (TPSA) is 13.1 Å². The van der Waals surface area contributed by atoms with E-state index in [0.29, 0.717) is 11.1 Å². The number of hydrogen-bond acceptors (Lipinski definition) is 1. The maximum atomic E-state index is 8.57. The lowest BCUT2D eigenvalue weighted by Crippen LogP contribution is -1.86. The van der Waals surface area contributed by atoms with E-state index < -0.39 is 0 Å². The molecule has 1 nitrogen and oxygen atoms in total. The Labute approximate surface area is 164 Å². The van der Waals surface area contributed by atoms with Gasteiger partial charge >= 0.3 is 0 Å². The summed E-state index contributed by atoms with van der Waals surface area (Å²) in [6, 6.07) is 19.7. The van der Waals surface area contributed by atoms with Crippen LogP contribution in [0.4, 0.5) is 0 Å². The molecule has 1 aromatic heterocycles. The molecule has 27 heavy (non-hydrogen) atoms. The maximum absolute atomic E-state index is 8.57. The minimum absolute atomic E-state index is 0.0578. The first-order chi connectivity index (χ1) is 14.9. The third-order valence-electron chi connectivity index (χ3n) is 5.03. The molecule has 0 saturated carbocycles. The number of aryl methyl sites for hydroxylation is 1. The molecular formula is C26H20O. The molecule has 0 aliphatic heterocycles. The molecule has 1 heteroatoms. The average molecular weight is 352 g/mol. The highest BCUT2D eigenvalue weighted by atomic mass is 16.3. The molecule has 0 unspecified atom stereocenters. The van der Waals surface area contributed by atoms with Gasteiger partial charge in [-0.1, -0.05) is 78.3 Å². The Hall–Kier alpha value is -3.32. The monoisotopic (exact) mass is 352 g/mol. The Bertz CT molecular complexity index is 1450. The summed E-state index contributed by atoms with van der Waals surface area (Å²) in [7, 11) is 0. The highest BCUT2D eigenvalue weighted by molar-refractivity contribution is 6.15. The van der Waals surface area contributed by atoms with Gasteiger partial charge in [0.05, 0.1) is 5.48 Å². The molecule has 0 aliphatic rings. The standard InChI is InChI=1S/C26H20O/c1-17-8-6-11-20(16-17)21-14-15-24-25(18(21)2)26-22(12-7-13-23(26)27-24)19-9-4-3-5-10-19/h3-16H,1-2H3/i6D,8D,11D,16D. The van der Waals surface area contributed by atoms with Crippen molar-refractivity contribution >= 4 is 21.9 Å². The lowest BCUT2D eigenvalue weighted by Gasteiger charge is -2.09. The lowest BCUT2D eigenvalue weighted by atomic mass is 9.93. The zero-order valence-electron chi connectivity index (χ0n) is 19.2. The van der Waals surface area contributed by atoms with E-state index in [9.17, 15) is 0 Å². The Morgan fingerprint density at radius 3 is 2.37 bits per heavy atom. The van der Waals surface area contributed by atoms with Gasteiger partial charge in [0.15, 0.2) is 0 Å². The predicted molar refractivity (Wildman–Crippen MR) is 114 cm³/mol. The average Bonchev–Trinajstić information content (AvgIpc) is 3.18. The van der Waals surface area contributed by atoms with E-state index in [4.69, 9.17) is 9.90 Å². The third kappa shape index (κ3) is 2.55. The van der Waals surface area contributed by atoms with Gasteiger partial charge in [-0.3, -0.25) is 0 Å². The van der Waals surface area contributed by atoms with Crippen LogP contribution in [-0.4, -0.2) is 0 Å². The van der Waals surface area contributed by atoms with Crippen LogP contribution in [0.1, 0.15) is 16.6 Å². The molecule has 0 bridgehead atoms. The van der Waals surface area contributed by atoms with Crippen LogP contribution >= 0.6 is 0 Å². The zero-order valence-corrected chi connectivity index (χ0v) is 15.2. The van der Waals surface area contributed by atoms with Gasteiger partial charge < -0.3 is 4.42 Å². The quantitative estimate of drug-likeness (QED) is 0.320. The van der Waals surface area contributed by atoms with Gasteiger partial charge in [0.1, 0.15) is 11.2 Å². The fourth-order valence-corrected chi connectivity index (χ4v) is 3.78. The summed E-state index contributed by atoms with van der Waals surface area (Å²) >= 11 is 0. The molecule has 0 N–H and O–H groups in total. The molecule has 0 saturated heterocycles. The van der Waals surface area contributed by atoms with E-state index in [1.54, 1.807) is 6.92 Å². The van der Waals surface area contributed by atoms with Crippen LogP contribution in [-0.2, 0) is 0 Å². The first-order valence-corrected chi connectivity index (χ1v) is 8.97. The van der Waals surface area contributed by atoms with Crippen molar-refractivity contribution in [2.45, 2.75) is 13.8 Å². The number of furan rings is 1. The van der Waals surface area contributed by atoms with Crippen LogP contribution in [0.3, 0.4) is 0 Å². The van der Waals surface area contributed by atoms with Gasteiger partial charge in [0, 0.05) is 10.8 Å². The molecule has 4 aromatic carbocycles. The number of hydrogen-bond donors (Lipinski definition) is 0.